The summed E-state index contributed by atoms with van der Waals surface area (Å²) in [5.41, 5.74) is 2.79. The molecule has 0 saturated carbocycles. The van der Waals surface area contributed by atoms with Gasteiger partial charge in [-0.25, -0.2) is 0 Å². The van der Waals surface area contributed by atoms with Crippen LogP contribution < -0.4 is 10.1 Å². The Labute approximate surface area is 211 Å². The number of nitrogens with one attached hydrogen (secondary N) is 2. The Morgan fingerprint density at radius 1 is 1.03 bits per heavy atom. The van der Waals surface area contributed by atoms with Crippen molar-refractivity contribution in [1.29, 1.82) is 0 Å². The number of ether oxygens (including phenoxy) is 1. The SMILES string of the molecule is COc1ccc2c(Sc3ccccc3)c(C(=O)NCCCN(Cc3ccccc3)C(C)C)[nH]c2c1. The third-order valence-corrected chi connectivity index (χ3v) is 7.15. The van der Waals surface area contributed by atoms with Gasteiger partial charge >= 0.3 is 0 Å². The maximum Gasteiger partial charge on any atom is 0.268 e. The molecule has 3 aromatic carbocycles. The fourth-order valence-corrected chi connectivity index (χ4v) is 5.12. The van der Waals surface area contributed by atoms with Crippen LogP contribution in [-0.4, -0.2) is 42.0 Å². The van der Waals surface area contributed by atoms with Crippen molar-refractivity contribution >= 4 is 28.6 Å². The third kappa shape index (κ3) is 6.47. The van der Waals surface area contributed by atoms with Crippen molar-refractivity contribution in [3.63, 3.8) is 0 Å². The van der Waals surface area contributed by atoms with E-state index in [1.165, 1.54) is 5.56 Å². The molecule has 0 aliphatic carbocycles. The lowest BCUT2D eigenvalue weighted by molar-refractivity contribution is 0.0943. The van der Waals surface area contributed by atoms with Crippen LogP contribution in [0.2, 0.25) is 0 Å². The van der Waals surface area contributed by atoms with Crippen molar-refractivity contribution in [3.05, 3.63) is 90.1 Å². The minimum Gasteiger partial charge on any atom is -0.497 e. The summed E-state index contributed by atoms with van der Waals surface area (Å²) in [6, 6.07) is 27.0. The molecule has 0 atom stereocenters. The lowest BCUT2D eigenvalue weighted by Crippen LogP contribution is -2.34. The summed E-state index contributed by atoms with van der Waals surface area (Å²) < 4.78 is 5.38. The second-order valence-corrected chi connectivity index (χ2v) is 9.90. The number of nitrogens with zero attached hydrogens (tertiary/aromatic N) is 1. The Kier molecular flexibility index (Phi) is 8.50. The number of hydrogen-bond acceptors (Lipinski definition) is 4. The molecular formula is C29H33N3O2S. The largest absolute Gasteiger partial charge is 0.497 e. The first kappa shape index (κ1) is 24.9. The minimum atomic E-state index is -0.0854. The Morgan fingerprint density at radius 3 is 2.43 bits per heavy atom. The fraction of sp³-hybridized carbons (Fsp3) is 0.276. The molecule has 35 heavy (non-hydrogen) atoms. The van der Waals surface area contributed by atoms with Crippen LogP contribution >= 0.6 is 11.8 Å². The highest BCUT2D eigenvalue weighted by molar-refractivity contribution is 7.99. The zero-order valence-electron chi connectivity index (χ0n) is 20.6. The highest BCUT2D eigenvalue weighted by atomic mass is 32.2. The van der Waals surface area contributed by atoms with E-state index < -0.39 is 0 Å². The van der Waals surface area contributed by atoms with Crippen LogP contribution in [0.1, 0.15) is 36.3 Å². The number of benzene rings is 3. The molecule has 0 fully saturated rings. The van der Waals surface area contributed by atoms with Gasteiger partial charge in [-0.1, -0.05) is 60.3 Å². The number of carbonyl (C=O) groups excluding carboxylic acids is 1. The van der Waals surface area contributed by atoms with Crippen LogP contribution in [-0.2, 0) is 6.54 Å². The molecular weight excluding hydrogens is 454 g/mol. The molecule has 0 spiro atoms. The van der Waals surface area contributed by atoms with Crippen molar-refractivity contribution in [2.75, 3.05) is 20.2 Å². The number of H-pyrrole nitrogens is 1. The first-order valence-electron chi connectivity index (χ1n) is 12.0. The van der Waals surface area contributed by atoms with Crippen LogP contribution in [0.15, 0.2) is 88.7 Å². The molecule has 5 nitrogen and oxygen atoms in total. The second-order valence-electron chi connectivity index (χ2n) is 8.82. The highest BCUT2D eigenvalue weighted by Gasteiger charge is 2.19. The molecule has 1 amide bonds. The van der Waals surface area contributed by atoms with E-state index in [-0.39, 0.29) is 5.91 Å². The molecule has 0 unspecified atom stereocenters. The third-order valence-electron chi connectivity index (χ3n) is 6.01. The summed E-state index contributed by atoms with van der Waals surface area (Å²) in [6.07, 6.45) is 0.881. The van der Waals surface area contributed by atoms with E-state index >= 15 is 0 Å². The average Bonchev–Trinajstić information content (AvgIpc) is 3.24. The summed E-state index contributed by atoms with van der Waals surface area (Å²) in [5, 5.41) is 4.14. The Balaban J connectivity index is 1.44. The summed E-state index contributed by atoms with van der Waals surface area (Å²) in [6.45, 7) is 6.88. The van der Waals surface area contributed by atoms with Crippen LogP contribution in [0.4, 0.5) is 0 Å². The first-order chi connectivity index (χ1) is 17.0. The molecule has 4 aromatic rings. The van der Waals surface area contributed by atoms with Gasteiger partial charge in [-0.15, -0.1) is 0 Å². The van der Waals surface area contributed by atoms with E-state index in [0.717, 1.165) is 46.0 Å². The van der Waals surface area contributed by atoms with Gasteiger partial charge in [0.15, 0.2) is 0 Å². The lowest BCUT2D eigenvalue weighted by Gasteiger charge is -2.26. The molecule has 4 rings (SSSR count). The molecule has 0 radical (unpaired) electrons. The zero-order chi connectivity index (χ0) is 24.6. The number of amides is 1. The van der Waals surface area contributed by atoms with E-state index in [1.54, 1.807) is 18.9 Å². The molecule has 2 N–H and O–H groups in total. The van der Waals surface area contributed by atoms with Crippen molar-refractivity contribution in [3.8, 4) is 5.75 Å². The van der Waals surface area contributed by atoms with E-state index in [2.05, 4.69) is 65.4 Å². The summed E-state index contributed by atoms with van der Waals surface area (Å²) in [4.78, 5) is 21.0. The molecule has 0 bridgehead atoms. The van der Waals surface area contributed by atoms with Gasteiger partial charge in [0.25, 0.3) is 5.91 Å². The van der Waals surface area contributed by atoms with Gasteiger partial charge in [-0.05, 0) is 50.1 Å². The van der Waals surface area contributed by atoms with Crippen LogP contribution in [0.25, 0.3) is 10.9 Å². The van der Waals surface area contributed by atoms with Gasteiger partial charge in [0.2, 0.25) is 0 Å². The molecule has 0 aliphatic rings. The maximum absolute atomic E-state index is 13.2. The predicted octanol–water partition coefficient (Wildman–Crippen LogP) is 6.36. The molecule has 1 heterocycles. The number of rotatable bonds is 11. The molecule has 0 aliphatic heterocycles. The van der Waals surface area contributed by atoms with E-state index in [1.807, 2.05) is 42.5 Å². The lowest BCUT2D eigenvalue weighted by atomic mass is 10.2. The number of aromatic nitrogens is 1. The van der Waals surface area contributed by atoms with E-state index in [9.17, 15) is 4.79 Å². The zero-order valence-corrected chi connectivity index (χ0v) is 21.4. The van der Waals surface area contributed by atoms with Gasteiger partial charge in [-0.3, -0.25) is 9.69 Å². The van der Waals surface area contributed by atoms with Gasteiger partial charge in [-0.2, -0.15) is 0 Å². The molecule has 1 aromatic heterocycles. The van der Waals surface area contributed by atoms with E-state index in [4.69, 9.17) is 4.74 Å². The number of aromatic amines is 1. The quantitative estimate of drug-likeness (QED) is 0.242. The van der Waals surface area contributed by atoms with Gasteiger partial charge in [0.1, 0.15) is 11.4 Å². The second kappa shape index (κ2) is 12.0. The highest BCUT2D eigenvalue weighted by Crippen LogP contribution is 2.37. The monoisotopic (exact) mass is 487 g/mol. The normalized spacial score (nSPS) is 11.3. The number of fused-ring (bicyclic) bond motifs is 1. The first-order valence-corrected chi connectivity index (χ1v) is 12.9. The topological polar surface area (TPSA) is 57.4 Å². The number of methoxy groups -OCH3 is 1. The summed E-state index contributed by atoms with van der Waals surface area (Å²) >= 11 is 1.60. The summed E-state index contributed by atoms with van der Waals surface area (Å²) in [7, 11) is 1.65. The number of carbonyl (C=O) groups is 1. The van der Waals surface area contributed by atoms with Crippen LogP contribution in [0, 0.1) is 0 Å². The van der Waals surface area contributed by atoms with Crippen molar-refractivity contribution in [1.82, 2.24) is 15.2 Å². The van der Waals surface area contributed by atoms with Gasteiger partial charge in [0, 0.05) is 42.0 Å². The Hall–Kier alpha value is -3.22. The van der Waals surface area contributed by atoms with Crippen molar-refractivity contribution < 1.29 is 9.53 Å². The van der Waals surface area contributed by atoms with E-state index in [0.29, 0.717) is 18.3 Å². The smallest absolute Gasteiger partial charge is 0.268 e. The Bertz CT molecular complexity index is 1240. The van der Waals surface area contributed by atoms with Crippen LogP contribution in [0.3, 0.4) is 0 Å². The fourth-order valence-electron chi connectivity index (χ4n) is 4.06. The van der Waals surface area contributed by atoms with Gasteiger partial charge in [0.05, 0.1) is 17.5 Å². The van der Waals surface area contributed by atoms with Gasteiger partial charge < -0.3 is 15.0 Å². The molecule has 182 valence electrons. The standard InChI is InChI=1S/C29H33N3O2S/c1-21(2)32(20-22-11-6-4-7-12-22)18-10-17-30-29(33)27-28(35-24-13-8-5-9-14-24)25-16-15-23(34-3)19-26(25)31-27/h4-9,11-16,19,21,31H,10,17-18,20H2,1-3H3,(H,30,33). The van der Waals surface area contributed by atoms with Crippen LogP contribution in [0.5, 0.6) is 5.75 Å². The van der Waals surface area contributed by atoms with Crippen molar-refractivity contribution in [2.24, 2.45) is 0 Å². The van der Waals surface area contributed by atoms with Crippen molar-refractivity contribution in [2.45, 2.75) is 42.6 Å². The predicted molar refractivity (Wildman–Crippen MR) is 144 cm³/mol. The Morgan fingerprint density at radius 2 is 1.74 bits per heavy atom. The number of hydrogen-bond donors (Lipinski definition) is 2. The minimum absolute atomic E-state index is 0.0854. The molecule has 0 saturated heterocycles. The summed E-state index contributed by atoms with van der Waals surface area (Å²) in [5.74, 6) is 0.673. The maximum atomic E-state index is 13.2. The average molecular weight is 488 g/mol. The molecule has 6 heteroatoms.